The third kappa shape index (κ3) is 5.48. The molecule has 0 atom stereocenters. The summed E-state index contributed by atoms with van der Waals surface area (Å²) in [6.45, 7) is 3.57. The van der Waals surface area contributed by atoms with Crippen LogP contribution < -0.4 is 20.2 Å². The van der Waals surface area contributed by atoms with Crippen LogP contribution >= 0.6 is 0 Å². The number of carbonyl (C=O) groups excluding carboxylic acids is 2. The average molecular weight is 447 g/mol. The van der Waals surface area contributed by atoms with Gasteiger partial charge in [-0.3, -0.25) is 9.59 Å². The maximum Gasteiger partial charge on any atom is 0.273 e. The second-order valence-corrected chi connectivity index (χ2v) is 7.27. The van der Waals surface area contributed by atoms with E-state index in [1.54, 1.807) is 68.4 Å². The zero-order chi connectivity index (χ0) is 24.0. The second-order valence-electron chi connectivity index (χ2n) is 7.27. The third-order valence-electron chi connectivity index (χ3n) is 4.96. The van der Waals surface area contributed by atoms with Crippen molar-refractivity contribution in [3.05, 3.63) is 82.4 Å². The van der Waals surface area contributed by atoms with Crippen LogP contribution in [0.3, 0.4) is 0 Å². The van der Waals surface area contributed by atoms with Crippen molar-refractivity contribution in [3.63, 3.8) is 0 Å². The minimum atomic E-state index is -0.485. The number of nitrogens with one attached hydrogen (secondary N) is 2. The zero-order valence-corrected chi connectivity index (χ0v) is 18.8. The lowest BCUT2D eigenvalue weighted by Gasteiger charge is -2.12. The maximum atomic E-state index is 12.8. The number of hydrazone groups is 1. The molecular weight excluding hydrogens is 422 g/mol. The number of aromatic hydroxyl groups is 1. The molecule has 8 heteroatoms. The molecule has 33 heavy (non-hydrogen) atoms. The van der Waals surface area contributed by atoms with E-state index in [1.807, 2.05) is 0 Å². The van der Waals surface area contributed by atoms with Crippen molar-refractivity contribution in [2.24, 2.45) is 5.10 Å². The van der Waals surface area contributed by atoms with Crippen LogP contribution in [0.1, 0.15) is 37.4 Å². The monoisotopic (exact) mass is 447 g/mol. The van der Waals surface area contributed by atoms with Gasteiger partial charge in [0.2, 0.25) is 0 Å². The summed E-state index contributed by atoms with van der Waals surface area (Å²) in [5.74, 6) is 0.266. The van der Waals surface area contributed by atoms with Crippen molar-refractivity contribution in [2.75, 3.05) is 19.5 Å². The fourth-order valence-electron chi connectivity index (χ4n) is 3.25. The van der Waals surface area contributed by atoms with E-state index in [0.29, 0.717) is 33.9 Å². The highest BCUT2D eigenvalue weighted by atomic mass is 16.5. The molecule has 0 aliphatic carbocycles. The van der Waals surface area contributed by atoms with Crippen molar-refractivity contribution in [2.45, 2.75) is 13.8 Å². The van der Waals surface area contributed by atoms with E-state index in [0.717, 1.165) is 5.56 Å². The van der Waals surface area contributed by atoms with Crippen molar-refractivity contribution < 1.29 is 24.2 Å². The molecule has 0 saturated carbocycles. The van der Waals surface area contributed by atoms with E-state index >= 15 is 0 Å². The summed E-state index contributed by atoms with van der Waals surface area (Å²) >= 11 is 0. The first-order chi connectivity index (χ1) is 15.8. The van der Waals surface area contributed by atoms with E-state index in [4.69, 9.17) is 9.47 Å². The minimum absolute atomic E-state index is 0.232. The van der Waals surface area contributed by atoms with Gasteiger partial charge in [-0.2, -0.15) is 5.10 Å². The Kier molecular flexibility index (Phi) is 7.30. The quantitative estimate of drug-likeness (QED) is 0.374. The minimum Gasteiger partial charge on any atom is -0.507 e. The Morgan fingerprint density at radius 1 is 0.909 bits per heavy atom. The Morgan fingerprint density at radius 2 is 1.58 bits per heavy atom. The first-order valence-corrected chi connectivity index (χ1v) is 10.1. The lowest BCUT2D eigenvalue weighted by atomic mass is 10.1. The predicted molar refractivity (Wildman–Crippen MR) is 127 cm³/mol. The van der Waals surface area contributed by atoms with Crippen LogP contribution in [0.2, 0.25) is 0 Å². The number of para-hydroxylation sites is 1. The number of ether oxygens (including phenoxy) is 2. The molecule has 0 bridgehead atoms. The summed E-state index contributed by atoms with van der Waals surface area (Å²) in [7, 11) is 3.00. The van der Waals surface area contributed by atoms with Crippen molar-refractivity contribution in [1.82, 2.24) is 5.43 Å². The van der Waals surface area contributed by atoms with Gasteiger partial charge in [0.05, 0.1) is 31.7 Å². The van der Waals surface area contributed by atoms with Gasteiger partial charge in [0, 0.05) is 5.56 Å². The molecule has 3 N–H and O–H groups in total. The molecule has 0 heterocycles. The molecule has 0 radical (unpaired) electrons. The van der Waals surface area contributed by atoms with Crippen molar-refractivity contribution >= 4 is 23.7 Å². The van der Waals surface area contributed by atoms with Gasteiger partial charge in [-0.25, -0.2) is 5.43 Å². The summed E-state index contributed by atoms with van der Waals surface area (Å²) in [5.41, 5.74) is 5.56. The number of hydrogen-bond acceptors (Lipinski definition) is 6. The Hall–Kier alpha value is -4.33. The molecule has 170 valence electrons. The lowest BCUT2D eigenvalue weighted by molar-refractivity contribution is 0.0956. The SMILES string of the molecule is COc1ccc(C(=O)Nc2ccccc2C(=O)NN=Cc2cc(C)c(O)c(C)c2)cc1OC. The molecule has 0 aliphatic rings. The molecule has 0 aliphatic heterocycles. The second kappa shape index (κ2) is 10.3. The summed E-state index contributed by atoms with van der Waals surface area (Å²) in [6, 6.07) is 14.9. The normalized spacial score (nSPS) is 10.7. The summed E-state index contributed by atoms with van der Waals surface area (Å²) in [4.78, 5) is 25.5. The summed E-state index contributed by atoms with van der Waals surface area (Å²) in [5, 5.41) is 16.6. The summed E-state index contributed by atoms with van der Waals surface area (Å²) < 4.78 is 10.4. The van der Waals surface area contributed by atoms with E-state index in [1.165, 1.54) is 20.4 Å². The molecular formula is C25H25N3O5. The van der Waals surface area contributed by atoms with Gasteiger partial charge in [-0.1, -0.05) is 12.1 Å². The average Bonchev–Trinajstić information content (AvgIpc) is 2.82. The largest absolute Gasteiger partial charge is 0.507 e. The number of anilines is 1. The van der Waals surface area contributed by atoms with Crippen LogP contribution in [0.5, 0.6) is 17.2 Å². The Labute approximate surface area is 191 Å². The molecule has 0 unspecified atom stereocenters. The molecule has 0 fully saturated rings. The van der Waals surface area contributed by atoms with Crippen LogP contribution in [-0.2, 0) is 0 Å². The first-order valence-electron chi connectivity index (χ1n) is 10.1. The molecule has 0 aromatic heterocycles. The van der Waals surface area contributed by atoms with Gasteiger partial charge in [0.15, 0.2) is 11.5 Å². The van der Waals surface area contributed by atoms with Gasteiger partial charge in [0.1, 0.15) is 5.75 Å². The lowest BCUT2D eigenvalue weighted by Crippen LogP contribution is -2.21. The molecule has 3 aromatic rings. The van der Waals surface area contributed by atoms with Gasteiger partial charge < -0.3 is 19.9 Å². The number of amides is 2. The van der Waals surface area contributed by atoms with E-state index in [-0.39, 0.29) is 11.3 Å². The topological polar surface area (TPSA) is 109 Å². The van der Waals surface area contributed by atoms with Gasteiger partial charge >= 0.3 is 0 Å². The number of benzene rings is 3. The standard InChI is InChI=1S/C25H25N3O5/c1-15-11-17(12-16(2)23(15)29)14-26-28-25(31)19-7-5-6-8-20(19)27-24(30)18-9-10-21(32-3)22(13-18)33-4/h5-14,29H,1-4H3,(H,27,30)(H,28,31). The van der Waals surface area contributed by atoms with Crippen LogP contribution in [-0.4, -0.2) is 37.4 Å². The van der Waals surface area contributed by atoms with E-state index < -0.39 is 11.8 Å². The number of phenols is 1. The Balaban J connectivity index is 1.74. The molecule has 2 amide bonds. The zero-order valence-electron chi connectivity index (χ0n) is 18.8. The fraction of sp³-hybridized carbons (Fsp3) is 0.160. The maximum absolute atomic E-state index is 12.8. The third-order valence-corrected chi connectivity index (χ3v) is 4.96. The van der Waals surface area contributed by atoms with Crippen molar-refractivity contribution in [3.8, 4) is 17.2 Å². The van der Waals surface area contributed by atoms with Crippen LogP contribution in [0, 0.1) is 13.8 Å². The highest BCUT2D eigenvalue weighted by Gasteiger charge is 2.15. The van der Waals surface area contributed by atoms with Crippen LogP contribution in [0.15, 0.2) is 59.7 Å². The predicted octanol–water partition coefficient (Wildman–Crippen LogP) is 4.04. The Bertz CT molecular complexity index is 1200. The molecule has 3 rings (SSSR count). The van der Waals surface area contributed by atoms with Gasteiger partial charge in [-0.15, -0.1) is 0 Å². The number of nitrogens with zero attached hydrogens (tertiary/aromatic N) is 1. The van der Waals surface area contributed by atoms with E-state index in [9.17, 15) is 14.7 Å². The highest BCUT2D eigenvalue weighted by Crippen LogP contribution is 2.28. The fourth-order valence-corrected chi connectivity index (χ4v) is 3.25. The molecule has 0 saturated heterocycles. The number of hydrogen-bond donors (Lipinski definition) is 3. The molecule has 3 aromatic carbocycles. The van der Waals surface area contributed by atoms with Crippen LogP contribution in [0.25, 0.3) is 0 Å². The smallest absolute Gasteiger partial charge is 0.273 e. The first kappa shape index (κ1) is 23.3. The molecule has 8 nitrogen and oxygen atoms in total. The van der Waals surface area contributed by atoms with Crippen LogP contribution in [0.4, 0.5) is 5.69 Å². The highest BCUT2D eigenvalue weighted by molar-refractivity contribution is 6.09. The summed E-state index contributed by atoms with van der Waals surface area (Å²) in [6.07, 6.45) is 1.49. The van der Waals surface area contributed by atoms with Gasteiger partial charge in [0.25, 0.3) is 11.8 Å². The Morgan fingerprint density at radius 3 is 2.24 bits per heavy atom. The number of carbonyl (C=O) groups is 2. The number of rotatable bonds is 7. The molecule has 0 spiro atoms. The van der Waals surface area contributed by atoms with Gasteiger partial charge in [-0.05, 0) is 73.0 Å². The van der Waals surface area contributed by atoms with E-state index in [2.05, 4.69) is 15.8 Å². The van der Waals surface area contributed by atoms with Crippen molar-refractivity contribution in [1.29, 1.82) is 0 Å². The number of aryl methyl sites for hydroxylation is 2. The number of methoxy groups -OCH3 is 2. The number of phenolic OH excluding ortho intramolecular Hbond substituents is 1.